The number of carbonyl (C=O) groups excluding carboxylic acids is 1. The smallest absolute Gasteiger partial charge is 0.255 e. The summed E-state index contributed by atoms with van der Waals surface area (Å²) in [6.45, 7) is 1.40. The third-order valence-corrected chi connectivity index (χ3v) is 3.59. The van der Waals surface area contributed by atoms with Gasteiger partial charge >= 0.3 is 0 Å². The second kappa shape index (κ2) is 7.91. The van der Waals surface area contributed by atoms with Crippen molar-refractivity contribution in [1.29, 1.82) is 0 Å². The number of likely N-dealkylation sites (N-methyl/N-ethyl adjacent to an activating group) is 2. The molecule has 2 rings (SSSR count). The molecule has 1 N–H and O–H groups in total. The lowest BCUT2D eigenvalue weighted by Gasteiger charge is -2.16. The van der Waals surface area contributed by atoms with E-state index >= 15 is 0 Å². The van der Waals surface area contributed by atoms with Crippen LogP contribution in [0.15, 0.2) is 47.1 Å². The zero-order valence-corrected chi connectivity index (χ0v) is 14.1. The van der Waals surface area contributed by atoms with E-state index in [1.165, 1.54) is 6.20 Å². The van der Waals surface area contributed by atoms with E-state index in [1.807, 2.05) is 31.3 Å². The second-order valence-corrected chi connectivity index (χ2v) is 5.69. The summed E-state index contributed by atoms with van der Waals surface area (Å²) in [4.78, 5) is 18.0. The summed E-state index contributed by atoms with van der Waals surface area (Å²) in [5.74, 6) is 1.09. The van der Waals surface area contributed by atoms with E-state index in [9.17, 15) is 4.79 Å². The monoisotopic (exact) mass is 363 g/mol. The van der Waals surface area contributed by atoms with Crippen LogP contribution in [0.4, 0.5) is 0 Å². The molecule has 0 saturated heterocycles. The molecule has 1 aromatic carbocycles. The molecule has 5 nitrogen and oxygen atoms in total. The Morgan fingerprint density at radius 3 is 2.59 bits per heavy atom. The third-order valence-electron chi connectivity index (χ3n) is 3.06. The standard InChI is InChI=1S/C16H18BrN3O2/c1-18-9-10-20(2)16(21)12-3-8-15(19-11-12)22-14-6-4-13(17)5-7-14/h3-8,11,18H,9-10H2,1-2H3. The Morgan fingerprint density at radius 2 is 2.00 bits per heavy atom. The third kappa shape index (κ3) is 4.54. The topological polar surface area (TPSA) is 54.5 Å². The first-order chi connectivity index (χ1) is 10.6. The van der Waals surface area contributed by atoms with Crippen molar-refractivity contribution < 1.29 is 9.53 Å². The first-order valence-electron chi connectivity index (χ1n) is 6.89. The molecular formula is C16H18BrN3O2. The number of nitrogens with one attached hydrogen (secondary N) is 1. The molecule has 0 unspecified atom stereocenters. The Hall–Kier alpha value is -1.92. The predicted molar refractivity (Wildman–Crippen MR) is 89.3 cm³/mol. The molecule has 2 aromatic rings. The van der Waals surface area contributed by atoms with Gasteiger partial charge < -0.3 is 15.0 Å². The number of amides is 1. The molecule has 0 radical (unpaired) electrons. The van der Waals surface area contributed by atoms with Crippen LogP contribution in [-0.2, 0) is 0 Å². The van der Waals surface area contributed by atoms with Crippen LogP contribution >= 0.6 is 15.9 Å². The number of halogens is 1. The number of aromatic nitrogens is 1. The minimum absolute atomic E-state index is 0.0575. The normalized spacial score (nSPS) is 10.3. The molecule has 1 amide bonds. The maximum Gasteiger partial charge on any atom is 0.255 e. The van der Waals surface area contributed by atoms with Gasteiger partial charge in [0.25, 0.3) is 5.91 Å². The van der Waals surface area contributed by atoms with Gasteiger partial charge in [0.1, 0.15) is 5.75 Å². The van der Waals surface area contributed by atoms with Crippen molar-refractivity contribution in [2.24, 2.45) is 0 Å². The van der Waals surface area contributed by atoms with E-state index in [4.69, 9.17) is 4.74 Å². The van der Waals surface area contributed by atoms with Crippen molar-refractivity contribution in [3.8, 4) is 11.6 Å². The number of ether oxygens (including phenoxy) is 1. The highest BCUT2D eigenvalue weighted by atomic mass is 79.9. The Kier molecular flexibility index (Phi) is 5.91. The first kappa shape index (κ1) is 16.5. The van der Waals surface area contributed by atoms with Gasteiger partial charge in [-0.2, -0.15) is 0 Å². The summed E-state index contributed by atoms with van der Waals surface area (Å²) in [7, 11) is 3.63. The predicted octanol–water partition coefficient (Wildman–Crippen LogP) is 2.93. The van der Waals surface area contributed by atoms with E-state index in [2.05, 4.69) is 26.2 Å². The van der Waals surface area contributed by atoms with E-state index in [1.54, 1.807) is 24.1 Å². The molecule has 0 fully saturated rings. The number of hydrogen-bond acceptors (Lipinski definition) is 4. The van der Waals surface area contributed by atoms with Crippen molar-refractivity contribution in [2.75, 3.05) is 27.2 Å². The molecule has 0 atom stereocenters. The van der Waals surface area contributed by atoms with Crippen LogP contribution in [0.3, 0.4) is 0 Å². The molecule has 0 aliphatic carbocycles. The van der Waals surface area contributed by atoms with Gasteiger partial charge in [-0.25, -0.2) is 4.98 Å². The minimum Gasteiger partial charge on any atom is -0.439 e. The quantitative estimate of drug-likeness (QED) is 0.857. The SMILES string of the molecule is CNCCN(C)C(=O)c1ccc(Oc2ccc(Br)cc2)nc1. The van der Waals surface area contributed by atoms with Crippen molar-refractivity contribution in [3.63, 3.8) is 0 Å². The highest BCUT2D eigenvalue weighted by molar-refractivity contribution is 9.10. The van der Waals surface area contributed by atoms with Crippen LogP contribution in [0.25, 0.3) is 0 Å². The summed E-state index contributed by atoms with van der Waals surface area (Å²) >= 11 is 3.37. The van der Waals surface area contributed by atoms with Gasteiger partial charge in [0.05, 0.1) is 5.56 Å². The first-order valence-corrected chi connectivity index (χ1v) is 7.69. The molecule has 0 aliphatic heterocycles. The number of pyridine rings is 1. The molecule has 0 bridgehead atoms. The lowest BCUT2D eigenvalue weighted by atomic mass is 10.2. The molecule has 22 heavy (non-hydrogen) atoms. The molecule has 0 spiro atoms. The largest absolute Gasteiger partial charge is 0.439 e. The molecule has 0 aliphatic rings. The molecule has 1 heterocycles. The van der Waals surface area contributed by atoms with Gasteiger partial charge in [0.15, 0.2) is 0 Å². The Labute approximate surface area is 138 Å². The van der Waals surface area contributed by atoms with E-state index in [0.29, 0.717) is 23.7 Å². The molecular weight excluding hydrogens is 346 g/mol. The molecule has 1 aromatic heterocycles. The lowest BCUT2D eigenvalue weighted by molar-refractivity contribution is 0.0796. The lowest BCUT2D eigenvalue weighted by Crippen LogP contribution is -2.32. The molecule has 116 valence electrons. The van der Waals surface area contributed by atoms with Crippen LogP contribution in [0, 0.1) is 0 Å². The highest BCUT2D eigenvalue weighted by Crippen LogP contribution is 2.21. The minimum atomic E-state index is -0.0575. The average molecular weight is 364 g/mol. The summed E-state index contributed by atoms with van der Waals surface area (Å²) in [6, 6.07) is 10.9. The summed E-state index contributed by atoms with van der Waals surface area (Å²) in [5.41, 5.74) is 0.543. The van der Waals surface area contributed by atoms with Gasteiger partial charge in [-0.1, -0.05) is 15.9 Å². The Bertz CT molecular complexity index is 614. The fourth-order valence-corrected chi connectivity index (χ4v) is 2.06. The van der Waals surface area contributed by atoms with Gasteiger partial charge in [0.2, 0.25) is 5.88 Å². The Balaban J connectivity index is 2.00. The van der Waals surface area contributed by atoms with Gasteiger partial charge in [-0.15, -0.1) is 0 Å². The zero-order valence-electron chi connectivity index (χ0n) is 12.5. The number of rotatable bonds is 6. The fourth-order valence-electron chi connectivity index (χ4n) is 1.79. The average Bonchev–Trinajstić information content (AvgIpc) is 2.55. The van der Waals surface area contributed by atoms with Crippen molar-refractivity contribution in [3.05, 3.63) is 52.6 Å². The van der Waals surface area contributed by atoms with Crippen LogP contribution in [0.5, 0.6) is 11.6 Å². The van der Waals surface area contributed by atoms with Crippen molar-refractivity contribution in [2.45, 2.75) is 0 Å². The number of hydrogen-bond donors (Lipinski definition) is 1. The zero-order chi connectivity index (χ0) is 15.9. The van der Waals surface area contributed by atoms with Gasteiger partial charge in [0, 0.05) is 36.9 Å². The summed E-state index contributed by atoms with van der Waals surface area (Å²) < 4.78 is 6.61. The number of nitrogens with zero attached hydrogens (tertiary/aromatic N) is 2. The molecule has 6 heteroatoms. The van der Waals surface area contributed by atoms with E-state index in [-0.39, 0.29) is 5.91 Å². The van der Waals surface area contributed by atoms with Gasteiger partial charge in [-0.3, -0.25) is 4.79 Å². The highest BCUT2D eigenvalue weighted by Gasteiger charge is 2.11. The maximum atomic E-state index is 12.2. The van der Waals surface area contributed by atoms with E-state index < -0.39 is 0 Å². The van der Waals surface area contributed by atoms with E-state index in [0.717, 1.165) is 11.0 Å². The summed E-state index contributed by atoms with van der Waals surface area (Å²) in [5, 5.41) is 3.01. The maximum absolute atomic E-state index is 12.2. The number of benzene rings is 1. The van der Waals surface area contributed by atoms with Crippen LogP contribution < -0.4 is 10.1 Å². The van der Waals surface area contributed by atoms with Crippen molar-refractivity contribution >= 4 is 21.8 Å². The fraction of sp³-hybridized carbons (Fsp3) is 0.250. The van der Waals surface area contributed by atoms with Gasteiger partial charge in [-0.05, 0) is 37.4 Å². The van der Waals surface area contributed by atoms with Crippen molar-refractivity contribution in [1.82, 2.24) is 15.2 Å². The second-order valence-electron chi connectivity index (χ2n) is 4.77. The van der Waals surface area contributed by atoms with Crippen LogP contribution in [0.1, 0.15) is 10.4 Å². The summed E-state index contributed by atoms with van der Waals surface area (Å²) in [6.07, 6.45) is 1.53. The van der Waals surface area contributed by atoms with Crippen LogP contribution in [0.2, 0.25) is 0 Å². The van der Waals surface area contributed by atoms with Crippen LogP contribution in [-0.4, -0.2) is 43.0 Å². The number of carbonyl (C=O) groups is 1. The Morgan fingerprint density at radius 1 is 1.27 bits per heavy atom. The molecule has 0 saturated carbocycles.